The number of hydrogen-bond donors (Lipinski definition) is 2. The molecule has 0 aromatic carbocycles. The standard InChI is InChI=1S/C4H8BNO3/c1-3(4(7)8)6-2-5-9/h3,6H,2H2,1H3,(H,7,8)/t3-/m0/s1. The maximum atomic E-state index is 10.0. The molecule has 0 saturated carbocycles. The van der Waals surface area contributed by atoms with E-state index >= 15 is 0 Å². The van der Waals surface area contributed by atoms with Crippen LogP contribution in [-0.4, -0.2) is 30.7 Å². The van der Waals surface area contributed by atoms with Crippen LogP contribution in [0.4, 0.5) is 0 Å². The quantitative estimate of drug-likeness (QED) is 0.480. The fourth-order valence-corrected chi connectivity index (χ4v) is 0.312. The zero-order chi connectivity index (χ0) is 7.28. The van der Waals surface area contributed by atoms with Crippen LogP contribution in [0.5, 0.6) is 0 Å². The van der Waals surface area contributed by atoms with Crippen molar-refractivity contribution in [1.29, 1.82) is 0 Å². The second kappa shape index (κ2) is 4.20. The van der Waals surface area contributed by atoms with Gasteiger partial charge in [0.15, 0.2) is 0 Å². The van der Waals surface area contributed by atoms with E-state index < -0.39 is 12.0 Å². The molecule has 1 atom stereocenters. The van der Waals surface area contributed by atoms with Gasteiger partial charge in [-0.3, -0.25) is 0 Å². The zero-order valence-corrected chi connectivity index (χ0v) is 5.13. The molecule has 9 heavy (non-hydrogen) atoms. The second-order valence-corrected chi connectivity index (χ2v) is 1.63. The van der Waals surface area contributed by atoms with Crippen LogP contribution >= 0.6 is 0 Å². The number of nitrogens with one attached hydrogen (secondary N) is 1. The van der Waals surface area contributed by atoms with Crippen LogP contribution < -0.4 is 5.32 Å². The molecule has 0 aromatic heterocycles. The fourth-order valence-electron chi connectivity index (χ4n) is 0.312. The van der Waals surface area contributed by atoms with Crippen LogP contribution in [0.25, 0.3) is 0 Å². The van der Waals surface area contributed by atoms with Crippen molar-refractivity contribution in [2.24, 2.45) is 0 Å². The van der Waals surface area contributed by atoms with Gasteiger partial charge in [0, 0.05) is 0 Å². The Hall–Kier alpha value is -0.705. The Morgan fingerprint density at radius 2 is 2.44 bits per heavy atom. The molecule has 0 fully saturated rings. The van der Waals surface area contributed by atoms with E-state index in [2.05, 4.69) is 5.32 Å². The molecule has 0 heterocycles. The summed E-state index contributed by atoms with van der Waals surface area (Å²) in [5.41, 5.74) is 0. The van der Waals surface area contributed by atoms with Gasteiger partial charge in [-0.05, 0) is 0 Å². The summed E-state index contributed by atoms with van der Waals surface area (Å²) in [6.07, 6.45) is 0.0907. The predicted molar refractivity (Wildman–Crippen MR) is 31.5 cm³/mol. The molecular formula is C4H8BNO3. The van der Waals surface area contributed by atoms with Gasteiger partial charge in [-0.15, -0.1) is 0 Å². The molecule has 0 amide bonds. The SMILES string of the molecule is C[C@H](NCB=O)C(=O)O. The molecule has 5 heteroatoms. The molecule has 0 aliphatic rings. The van der Waals surface area contributed by atoms with E-state index in [1.54, 1.807) is 0 Å². The van der Waals surface area contributed by atoms with Gasteiger partial charge in [0.1, 0.15) is 0 Å². The first-order valence-corrected chi connectivity index (χ1v) is 2.58. The Morgan fingerprint density at radius 1 is 1.89 bits per heavy atom. The summed E-state index contributed by atoms with van der Waals surface area (Å²) in [6.45, 7) is 1.48. The van der Waals surface area contributed by atoms with Crippen LogP contribution in [0.2, 0.25) is 0 Å². The van der Waals surface area contributed by atoms with Gasteiger partial charge < -0.3 is 0 Å². The zero-order valence-electron chi connectivity index (χ0n) is 5.13. The van der Waals surface area contributed by atoms with Gasteiger partial charge in [-0.2, -0.15) is 0 Å². The van der Waals surface area contributed by atoms with E-state index in [1.807, 2.05) is 0 Å². The van der Waals surface area contributed by atoms with Crippen LogP contribution in [0, 0.1) is 0 Å². The van der Waals surface area contributed by atoms with E-state index in [0.717, 1.165) is 0 Å². The molecule has 0 spiro atoms. The number of rotatable bonds is 4. The van der Waals surface area contributed by atoms with Crippen molar-refractivity contribution in [3.05, 3.63) is 0 Å². The third-order valence-corrected chi connectivity index (χ3v) is 0.878. The van der Waals surface area contributed by atoms with Crippen molar-refractivity contribution in [2.45, 2.75) is 13.0 Å². The third-order valence-electron chi connectivity index (χ3n) is 0.878. The van der Waals surface area contributed by atoms with Crippen molar-refractivity contribution >= 4 is 13.1 Å². The number of carboxylic acid groups (broad SMARTS) is 1. The van der Waals surface area contributed by atoms with Crippen molar-refractivity contribution in [2.75, 3.05) is 6.44 Å². The topological polar surface area (TPSA) is 66.4 Å². The monoisotopic (exact) mass is 129 g/mol. The molecule has 0 aliphatic carbocycles. The van der Waals surface area contributed by atoms with Gasteiger partial charge in [0.2, 0.25) is 0 Å². The summed E-state index contributed by atoms with van der Waals surface area (Å²) >= 11 is 0. The van der Waals surface area contributed by atoms with E-state index in [9.17, 15) is 9.50 Å². The Bertz CT molecular complexity index is 116. The Kier molecular flexibility index (Phi) is 3.87. The molecule has 0 rings (SSSR count). The summed E-state index contributed by atoms with van der Waals surface area (Å²) in [5.74, 6) is -0.947. The van der Waals surface area contributed by atoms with E-state index in [1.165, 1.54) is 6.92 Å². The average Bonchev–Trinajstić information content (AvgIpc) is 1.82. The minimum absolute atomic E-state index is 0.0907. The summed E-state index contributed by atoms with van der Waals surface area (Å²) in [5, 5.41) is 10.7. The van der Waals surface area contributed by atoms with Gasteiger partial charge in [-0.1, -0.05) is 0 Å². The summed E-state index contributed by atoms with van der Waals surface area (Å²) in [7, 11) is 0.624. The summed E-state index contributed by atoms with van der Waals surface area (Å²) < 4.78 is 9.68. The Morgan fingerprint density at radius 3 is 2.78 bits per heavy atom. The van der Waals surface area contributed by atoms with Crippen LogP contribution in [0.3, 0.4) is 0 Å². The number of carbonyl (C=O) groups is 1. The molecule has 0 saturated heterocycles. The third kappa shape index (κ3) is 3.84. The first-order chi connectivity index (χ1) is 4.18. The van der Waals surface area contributed by atoms with Crippen molar-refractivity contribution in [3.8, 4) is 0 Å². The minimum atomic E-state index is -0.947. The Balaban J connectivity index is 3.37. The Labute approximate surface area is 53.5 Å². The van der Waals surface area contributed by atoms with E-state index in [0.29, 0.717) is 7.15 Å². The van der Waals surface area contributed by atoms with Crippen LogP contribution in [0.1, 0.15) is 6.92 Å². The first-order valence-electron chi connectivity index (χ1n) is 2.58. The molecule has 4 nitrogen and oxygen atoms in total. The molecule has 0 bridgehead atoms. The summed E-state index contributed by atoms with van der Waals surface area (Å²) in [4.78, 5) is 10.0. The number of hydrogen-bond acceptors (Lipinski definition) is 3. The predicted octanol–water partition coefficient (Wildman–Crippen LogP) is -0.944. The fraction of sp³-hybridized carbons (Fsp3) is 0.750. The van der Waals surface area contributed by atoms with Crippen LogP contribution in [0.15, 0.2) is 0 Å². The molecule has 0 aromatic rings. The van der Waals surface area contributed by atoms with Gasteiger partial charge in [-0.25, -0.2) is 0 Å². The van der Waals surface area contributed by atoms with Gasteiger partial charge in [0.25, 0.3) is 0 Å². The van der Waals surface area contributed by atoms with Gasteiger partial charge in [0.05, 0.1) is 0 Å². The van der Waals surface area contributed by atoms with Crippen LogP contribution in [-0.2, 0) is 9.50 Å². The van der Waals surface area contributed by atoms with Crippen molar-refractivity contribution < 1.29 is 14.6 Å². The average molecular weight is 129 g/mol. The molecule has 2 N–H and O–H groups in total. The number of aliphatic carboxylic acids is 1. The van der Waals surface area contributed by atoms with Crippen molar-refractivity contribution in [3.63, 3.8) is 0 Å². The van der Waals surface area contributed by atoms with Crippen molar-refractivity contribution in [1.82, 2.24) is 5.32 Å². The maximum absolute atomic E-state index is 10.0. The van der Waals surface area contributed by atoms with E-state index in [-0.39, 0.29) is 6.44 Å². The van der Waals surface area contributed by atoms with E-state index in [4.69, 9.17) is 5.11 Å². The first kappa shape index (κ1) is 8.29. The number of carboxylic acids is 1. The molecule has 0 radical (unpaired) electrons. The molecule has 50 valence electrons. The normalized spacial score (nSPS) is 12.1. The molecule has 0 aliphatic heterocycles. The van der Waals surface area contributed by atoms with Gasteiger partial charge >= 0.3 is 52.5 Å². The molecule has 0 unspecified atom stereocenters. The molecular weight excluding hydrogens is 121 g/mol. The summed E-state index contributed by atoms with van der Waals surface area (Å²) in [6, 6.07) is -0.643. The second-order valence-electron chi connectivity index (χ2n) is 1.63.